The van der Waals surface area contributed by atoms with Gasteiger partial charge >= 0.3 is 5.97 Å². The van der Waals surface area contributed by atoms with Crippen LogP contribution in [-0.2, 0) is 9.59 Å². The van der Waals surface area contributed by atoms with Crippen LogP contribution in [0.15, 0.2) is 35.4 Å². The molecular weight excluding hydrogens is 314 g/mol. The Morgan fingerprint density at radius 3 is 2.48 bits per heavy atom. The first-order chi connectivity index (χ1) is 10.9. The number of thioether (sulfide) groups is 1. The van der Waals surface area contributed by atoms with E-state index in [4.69, 9.17) is 5.11 Å². The van der Waals surface area contributed by atoms with Crippen molar-refractivity contribution in [3.63, 3.8) is 0 Å². The molecule has 1 heterocycles. The number of carbonyl (C=O) groups excluding carboxylic acids is 2. The van der Waals surface area contributed by atoms with E-state index < -0.39 is 17.8 Å². The summed E-state index contributed by atoms with van der Waals surface area (Å²) in [6.45, 7) is 4.08. The van der Waals surface area contributed by atoms with Crippen LogP contribution in [0.25, 0.3) is 0 Å². The lowest BCUT2D eigenvalue weighted by molar-refractivity contribution is -0.137. The quantitative estimate of drug-likeness (QED) is 0.810. The third-order valence-corrected chi connectivity index (χ3v) is 4.84. The molecule has 0 saturated heterocycles. The molecule has 0 fully saturated rings. The summed E-state index contributed by atoms with van der Waals surface area (Å²) in [6, 6.07) is 7.13. The van der Waals surface area contributed by atoms with Gasteiger partial charge in [0.1, 0.15) is 5.37 Å². The second-order valence-electron chi connectivity index (χ2n) is 5.29. The number of hydrogen-bond donors (Lipinski definition) is 1. The van der Waals surface area contributed by atoms with Crippen LogP contribution in [0, 0.1) is 6.92 Å². The van der Waals surface area contributed by atoms with Crippen LogP contribution >= 0.6 is 11.8 Å². The molecule has 1 N–H and O–H groups in total. The van der Waals surface area contributed by atoms with Crippen molar-refractivity contribution < 1.29 is 19.5 Å². The van der Waals surface area contributed by atoms with Gasteiger partial charge in [0.05, 0.1) is 6.42 Å². The predicted molar refractivity (Wildman–Crippen MR) is 89.5 cm³/mol. The summed E-state index contributed by atoms with van der Waals surface area (Å²) in [6.07, 6.45) is 1.38. The van der Waals surface area contributed by atoms with Crippen LogP contribution in [0.2, 0.25) is 0 Å². The van der Waals surface area contributed by atoms with Crippen LogP contribution in [0.4, 0.5) is 0 Å². The number of amides is 1. The Balaban J connectivity index is 2.58. The smallest absolute Gasteiger partial charge is 0.308 e. The predicted octanol–water partition coefficient (Wildman–Crippen LogP) is 2.50. The zero-order chi connectivity index (χ0) is 17.1. The van der Waals surface area contributed by atoms with Gasteiger partial charge in [0, 0.05) is 23.3 Å². The van der Waals surface area contributed by atoms with Gasteiger partial charge in [-0.05, 0) is 25.7 Å². The molecule has 1 aliphatic rings. The second kappa shape index (κ2) is 7.00. The molecule has 6 heteroatoms. The lowest BCUT2D eigenvalue weighted by Crippen LogP contribution is -2.34. The van der Waals surface area contributed by atoms with E-state index in [1.807, 2.05) is 32.2 Å². The van der Waals surface area contributed by atoms with Crippen LogP contribution in [0.1, 0.15) is 29.3 Å². The Morgan fingerprint density at radius 2 is 1.96 bits per heavy atom. The molecule has 122 valence electrons. The minimum atomic E-state index is -1.11. The van der Waals surface area contributed by atoms with Gasteiger partial charge in [-0.1, -0.05) is 24.3 Å². The van der Waals surface area contributed by atoms with Crippen molar-refractivity contribution in [2.24, 2.45) is 0 Å². The molecular formula is C17H19NO4S. The van der Waals surface area contributed by atoms with Crippen molar-refractivity contribution in [2.45, 2.75) is 25.6 Å². The lowest BCUT2D eigenvalue weighted by atomic mass is 9.95. The molecule has 5 nitrogen and oxygen atoms in total. The van der Waals surface area contributed by atoms with Gasteiger partial charge in [-0.25, -0.2) is 0 Å². The number of carboxylic acids is 1. The van der Waals surface area contributed by atoms with Crippen LogP contribution in [-0.4, -0.2) is 45.8 Å². The molecule has 2 rings (SSSR count). The number of hydrogen-bond acceptors (Lipinski definition) is 4. The van der Waals surface area contributed by atoms with Gasteiger partial charge in [0.2, 0.25) is 0 Å². The average molecular weight is 333 g/mol. The summed E-state index contributed by atoms with van der Waals surface area (Å²) in [5.41, 5.74) is 1.73. The van der Waals surface area contributed by atoms with Crippen molar-refractivity contribution in [3.8, 4) is 0 Å². The largest absolute Gasteiger partial charge is 0.481 e. The zero-order valence-corrected chi connectivity index (χ0v) is 14.1. The number of rotatable bonds is 6. The molecule has 1 aliphatic heterocycles. The molecule has 0 radical (unpaired) electrons. The number of carbonyl (C=O) groups is 3. The number of Topliss-reactive ketones (excluding diaryl/α,β-unsaturated/α-hetero) is 1. The van der Waals surface area contributed by atoms with Gasteiger partial charge in [-0.2, -0.15) is 0 Å². The molecule has 1 atom stereocenters. The summed E-state index contributed by atoms with van der Waals surface area (Å²) in [5.74, 6) is -1.73. The van der Waals surface area contributed by atoms with Crippen molar-refractivity contribution in [2.75, 3.05) is 12.8 Å². The fraction of sp³-hybridized carbons (Fsp3) is 0.353. The SMILES string of the molecule is CCN1C(=O)C(CC(=O)O)=C(C(=O)c2ccccc2C)C1SC. The fourth-order valence-corrected chi connectivity index (χ4v) is 3.78. The van der Waals surface area contributed by atoms with Crippen molar-refractivity contribution >= 4 is 29.4 Å². The first kappa shape index (κ1) is 17.3. The van der Waals surface area contributed by atoms with E-state index in [0.717, 1.165) is 5.56 Å². The molecule has 1 aromatic rings. The number of likely N-dealkylation sites (N-methyl/N-ethyl adjacent to an activating group) is 1. The number of ketones is 1. The number of benzene rings is 1. The number of nitrogens with zero attached hydrogens (tertiary/aromatic N) is 1. The maximum atomic E-state index is 13.0. The van der Waals surface area contributed by atoms with Crippen LogP contribution < -0.4 is 0 Å². The molecule has 1 amide bonds. The van der Waals surface area contributed by atoms with Crippen LogP contribution in [0.5, 0.6) is 0 Å². The highest BCUT2D eigenvalue weighted by atomic mass is 32.2. The Hall–Kier alpha value is -2.08. The van der Waals surface area contributed by atoms with E-state index in [2.05, 4.69) is 0 Å². The van der Waals surface area contributed by atoms with Crippen molar-refractivity contribution in [3.05, 3.63) is 46.5 Å². The average Bonchev–Trinajstić information content (AvgIpc) is 2.78. The van der Waals surface area contributed by atoms with Gasteiger partial charge < -0.3 is 10.0 Å². The monoisotopic (exact) mass is 333 g/mol. The molecule has 0 spiro atoms. The molecule has 0 aromatic heterocycles. The first-order valence-electron chi connectivity index (χ1n) is 7.31. The number of aliphatic carboxylic acids is 1. The van der Waals surface area contributed by atoms with E-state index >= 15 is 0 Å². The van der Waals surface area contributed by atoms with E-state index in [1.54, 1.807) is 17.0 Å². The summed E-state index contributed by atoms with van der Waals surface area (Å²) in [5, 5.41) is 8.68. The Labute approximate surface area is 139 Å². The third-order valence-electron chi connectivity index (χ3n) is 3.90. The highest BCUT2D eigenvalue weighted by molar-refractivity contribution is 7.99. The minimum absolute atomic E-state index is 0.104. The Morgan fingerprint density at radius 1 is 1.30 bits per heavy atom. The fourth-order valence-electron chi connectivity index (χ4n) is 2.80. The Kier molecular flexibility index (Phi) is 5.26. The lowest BCUT2D eigenvalue weighted by Gasteiger charge is -2.23. The third kappa shape index (κ3) is 3.17. The molecule has 1 unspecified atom stereocenters. The Bertz CT molecular complexity index is 696. The summed E-state index contributed by atoms with van der Waals surface area (Å²) in [4.78, 5) is 38.2. The van der Waals surface area contributed by atoms with Gasteiger partial charge in [-0.15, -0.1) is 11.8 Å². The van der Waals surface area contributed by atoms with E-state index in [1.165, 1.54) is 11.8 Å². The molecule has 0 aliphatic carbocycles. The number of aryl methyl sites for hydroxylation is 1. The molecule has 1 aromatic carbocycles. The summed E-state index contributed by atoms with van der Waals surface area (Å²) in [7, 11) is 0. The van der Waals surface area contributed by atoms with Crippen molar-refractivity contribution in [1.82, 2.24) is 4.90 Å². The standard InChI is InChI=1S/C17H19NO4S/c1-4-18-16(22)12(9-13(19)20)14(17(18)23-3)15(21)11-8-6-5-7-10(11)2/h5-8,17H,4,9H2,1-3H3,(H,19,20). The number of carboxylic acid groups (broad SMARTS) is 1. The molecule has 0 bridgehead atoms. The van der Waals surface area contributed by atoms with Gasteiger partial charge in [-0.3, -0.25) is 14.4 Å². The maximum Gasteiger partial charge on any atom is 0.308 e. The van der Waals surface area contributed by atoms with Gasteiger partial charge in [0.15, 0.2) is 5.78 Å². The highest BCUT2D eigenvalue weighted by Gasteiger charge is 2.42. The topological polar surface area (TPSA) is 74.7 Å². The van der Waals surface area contributed by atoms with E-state index in [0.29, 0.717) is 17.7 Å². The van der Waals surface area contributed by atoms with E-state index in [-0.39, 0.29) is 17.3 Å². The highest BCUT2D eigenvalue weighted by Crippen LogP contribution is 2.36. The van der Waals surface area contributed by atoms with E-state index in [9.17, 15) is 14.4 Å². The maximum absolute atomic E-state index is 13.0. The second-order valence-corrected chi connectivity index (χ2v) is 6.20. The van der Waals surface area contributed by atoms with Gasteiger partial charge in [0.25, 0.3) is 5.91 Å². The first-order valence-corrected chi connectivity index (χ1v) is 8.60. The molecule has 0 saturated carbocycles. The molecule has 23 heavy (non-hydrogen) atoms. The summed E-state index contributed by atoms with van der Waals surface area (Å²) >= 11 is 1.37. The zero-order valence-electron chi connectivity index (χ0n) is 13.3. The summed E-state index contributed by atoms with van der Waals surface area (Å²) < 4.78 is 0. The normalized spacial score (nSPS) is 17.8. The minimum Gasteiger partial charge on any atom is -0.481 e. The van der Waals surface area contributed by atoms with Crippen LogP contribution in [0.3, 0.4) is 0 Å². The van der Waals surface area contributed by atoms with Crippen molar-refractivity contribution in [1.29, 1.82) is 0 Å².